The average molecular weight is 943 g/mol. The van der Waals surface area contributed by atoms with Crippen molar-refractivity contribution < 1.29 is 29.7 Å². The number of halogens is 2. The van der Waals surface area contributed by atoms with Gasteiger partial charge in [0.15, 0.2) is 0 Å². The van der Waals surface area contributed by atoms with Crippen LogP contribution in [0.15, 0.2) is 154 Å². The fourth-order valence-electron chi connectivity index (χ4n) is 9.81. The van der Waals surface area contributed by atoms with E-state index in [1.165, 1.54) is 137 Å². The minimum atomic E-state index is -0.826. The number of hydrogen-bond acceptors (Lipinski definition) is 2. The Morgan fingerprint density at radius 3 is 1.31 bits per heavy atom. The van der Waals surface area contributed by atoms with Crippen LogP contribution in [-0.4, -0.2) is 9.52 Å². The maximum absolute atomic E-state index is 5.92. The number of fused-ring (bicyclic) bond motifs is 6. The SMILES string of the molecule is C[Si]C.Cc1ccc(-c2cc3c(-c4cccc5ccccc45)c4c(cc3[cH-]2)CCC4)o1.Cc1ccc(-c2cc3c(-c4cccc5ccccc45)c4c(cc3[cH-]2)CCC4)o1.[Cl][Zr+2][Cl]. The Balaban J connectivity index is 0.000000141. The van der Waals surface area contributed by atoms with Crippen molar-refractivity contribution in [3.63, 3.8) is 0 Å². The molecule has 0 aliphatic heterocycles. The molecule has 10 aromatic rings. The summed E-state index contributed by atoms with van der Waals surface area (Å²) in [5.41, 5.74) is 14.0. The van der Waals surface area contributed by atoms with Crippen LogP contribution >= 0.6 is 17.0 Å². The number of benzene rings is 6. The quantitative estimate of drug-likeness (QED) is 0.130. The molecule has 2 aromatic heterocycles. The molecule has 2 nitrogen and oxygen atoms in total. The molecule has 0 bridgehead atoms. The van der Waals surface area contributed by atoms with E-state index in [-0.39, 0.29) is 0 Å². The van der Waals surface area contributed by atoms with Crippen molar-refractivity contribution in [2.24, 2.45) is 0 Å². The molecule has 0 fully saturated rings. The number of aryl methyl sites for hydroxylation is 4. The fourth-order valence-corrected chi connectivity index (χ4v) is 9.81. The summed E-state index contributed by atoms with van der Waals surface area (Å²) < 4.78 is 11.8. The molecule has 0 amide bonds. The third-order valence-corrected chi connectivity index (χ3v) is 12.3. The molecule has 2 aliphatic rings. The molecule has 2 heterocycles. The Labute approximate surface area is 386 Å². The summed E-state index contributed by atoms with van der Waals surface area (Å²) in [6.07, 6.45) is 7.22. The Bertz CT molecular complexity index is 2950. The molecule has 0 unspecified atom stereocenters. The van der Waals surface area contributed by atoms with Gasteiger partial charge in [-0.1, -0.05) is 131 Å². The van der Waals surface area contributed by atoms with Crippen molar-refractivity contribution in [1.82, 2.24) is 0 Å². The molecule has 0 N–H and O–H groups in total. The van der Waals surface area contributed by atoms with E-state index in [2.05, 4.69) is 147 Å². The Morgan fingerprint density at radius 2 is 0.903 bits per heavy atom. The molecule has 306 valence electrons. The van der Waals surface area contributed by atoms with E-state index in [0.29, 0.717) is 0 Å². The summed E-state index contributed by atoms with van der Waals surface area (Å²) in [5.74, 6) is 3.82. The van der Waals surface area contributed by atoms with Crippen LogP contribution in [0.2, 0.25) is 13.1 Å². The first kappa shape index (κ1) is 42.6. The summed E-state index contributed by atoms with van der Waals surface area (Å²) in [7, 11) is 11.0. The molecule has 0 saturated carbocycles. The second-order valence-electron chi connectivity index (χ2n) is 16.4. The van der Waals surface area contributed by atoms with Gasteiger partial charge in [0.25, 0.3) is 0 Å². The van der Waals surface area contributed by atoms with Gasteiger partial charge in [-0.15, -0.1) is 57.9 Å². The predicted octanol–water partition coefficient (Wildman–Crippen LogP) is 17.0. The molecule has 0 spiro atoms. The molecule has 12 rings (SSSR count). The Hall–Kier alpha value is -4.70. The van der Waals surface area contributed by atoms with E-state index in [0.717, 1.165) is 32.6 Å². The summed E-state index contributed by atoms with van der Waals surface area (Å²) in [5, 5.41) is 10.6. The van der Waals surface area contributed by atoms with Crippen molar-refractivity contribution in [3.8, 4) is 44.9 Å². The van der Waals surface area contributed by atoms with Crippen LogP contribution < -0.4 is 0 Å². The molecule has 0 saturated heterocycles. The number of rotatable bonds is 4. The first-order valence-corrected chi connectivity index (χ1v) is 29.9. The summed E-state index contributed by atoms with van der Waals surface area (Å²) in [6, 6.07) is 53.1. The van der Waals surface area contributed by atoms with Crippen LogP contribution in [0.25, 0.3) is 88.0 Å². The van der Waals surface area contributed by atoms with Crippen LogP contribution in [0, 0.1) is 13.8 Å². The van der Waals surface area contributed by atoms with Gasteiger partial charge in [-0.3, -0.25) is 0 Å². The van der Waals surface area contributed by atoms with E-state index in [4.69, 9.17) is 25.9 Å². The van der Waals surface area contributed by atoms with Crippen molar-refractivity contribution in [2.75, 3.05) is 0 Å². The summed E-state index contributed by atoms with van der Waals surface area (Å²) in [6.45, 7) is 8.31. The first-order chi connectivity index (χ1) is 30.4. The van der Waals surface area contributed by atoms with Crippen molar-refractivity contribution in [3.05, 3.63) is 179 Å². The molecule has 6 heteroatoms. The Morgan fingerprint density at radius 1 is 0.500 bits per heavy atom. The van der Waals surface area contributed by atoms with Crippen LogP contribution in [0.4, 0.5) is 0 Å². The van der Waals surface area contributed by atoms with Crippen molar-refractivity contribution >= 4 is 69.6 Å². The van der Waals surface area contributed by atoms with Gasteiger partial charge in [-0.05, 0) is 120 Å². The zero-order valence-corrected chi connectivity index (χ0v) is 40.6. The van der Waals surface area contributed by atoms with Gasteiger partial charge in [0.2, 0.25) is 0 Å². The molecule has 0 atom stereocenters. The summed E-state index contributed by atoms with van der Waals surface area (Å²) >= 11 is -0.826. The molecule has 2 aliphatic carbocycles. The van der Waals surface area contributed by atoms with Crippen molar-refractivity contribution in [2.45, 2.75) is 65.5 Å². The maximum atomic E-state index is 5.92. The average Bonchev–Trinajstić information content (AvgIpc) is 4.15. The van der Waals surface area contributed by atoms with Crippen LogP contribution in [0.5, 0.6) is 0 Å². The summed E-state index contributed by atoms with van der Waals surface area (Å²) in [4.78, 5) is 0. The van der Waals surface area contributed by atoms with Gasteiger partial charge in [0, 0.05) is 9.52 Å². The second-order valence-corrected chi connectivity index (χ2v) is 21.2. The standard InChI is InChI=1S/2C27H21O.C2H6Si.2ClH.Zr/c2*1-17-12-13-26(28-17)21-15-20-14-19-8-5-10-23(19)27(25(20)16-21)24-11-4-7-18-6-2-3-9-22(18)24;1-3-2;;;/h2*2-4,6-7,9,11-16H,5,8,10H2,1H3;1-2H3;2*1H;/q2*-1;;;;+4/p-2. The Kier molecular flexibility index (Phi) is 13.0. The number of furan rings is 2. The zero-order chi connectivity index (χ0) is 42.7. The topological polar surface area (TPSA) is 26.3 Å². The van der Waals surface area contributed by atoms with Gasteiger partial charge in [-0.25, -0.2) is 0 Å². The van der Waals surface area contributed by atoms with Gasteiger partial charge in [-0.2, -0.15) is 0 Å². The first-order valence-electron chi connectivity index (χ1n) is 21.5. The molecule has 2 radical (unpaired) electrons. The van der Waals surface area contributed by atoms with Crippen molar-refractivity contribution in [1.29, 1.82) is 0 Å². The van der Waals surface area contributed by atoms with Gasteiger partial charge in [0.05, 0.1) is 23.0 Å². The van der Waals surface area contributed by atoms with Gasteiger partial charge < -0.3 is 8.83 Å². The minimum absolute atomic E-state index is 0.826. The molecular weight excluding hydrogens is 895 g/mol. The van der Waals surface area contributed by atoms with Crippen LogP contribution in [0.1, 0.15) is 46.6 Å². The third-order valence-electron chi connectivity index (χ3n) is 12.3. The number of hydrogen-bond donors (Lipinski definition) is 0. The van der Waals surface area contributed by atoms with E-state index >= 15 is 0 Å². The van der Waals surface area contributed by atoms with Crippen LogP contribution in [-0.2, 0) is 46.5 Å². The third kappa shape index (κ3) is 8.40. The normalized spacial score (nSPS) is 12.6. The monoisotopic (exact) mass is 940 g/mol. The van der Waals surface area contributed by atoms with Gasteiger partial charge >= 0.3 is 37.9 Å². The molecule has 8 aromatic carbocycles. The van der Waals surface area contributed by atoms with E-state index in [9.17, 15) is 0 Å². The second kappa shape index (κ2) is 19.0. The zero-order valence-electron chi connectivity index (χ0n) is 35.7. The van der Waals surface area contributed by atoms with Gasteiger partial charge in [0.1, 0.15) is 0 Å². The van der Waals surface area contributed by atoms with E-state index < -0.39 is 20.8 Å². The molecule has 62 heavy (non-hydrogen) atoms. The van der Waals surface area contributed by atoms with Crippen LogP contribution in [0.3, 0.4) is 0 Å². The van der Waals surface area contributed by atoms with E-state index in [1.807, 2.05) is 26.0 Å². The predicted molar refractivity (Wildman–Crippen MR) is 263 cm³/mol. The molecular formula is C56H48Cl2O2SiZr. The van der Waals surface area contributed by atoms with E-state index in [1.54, 1.807) is 0 Å². The fraction of sp³-hybridized carbons (Fsp3) is 0.179.